The third-order valence-electron chi connectivity index (χ3n) is 4.57. The highest BCUT2D eigenvalue weighted by Crippen LogP contribution is 2.38. The fourth-order valence-corrected chi connectivity index (χ4v) is 3.91. The molecule has 7 heteroatoms. The maximum absolute atomic E-state index is 12.3. The van der Waals surface area contributed by atoms with Gasteiger partial charge in [0.2, 0.25) is 0 Å². The molecule has 2 amide bonds. The van der Waals surface area contributed by atoms with Crippen molar-refractivity contribution in [2.45, 2.75) is 38.5 Å². The van der Waals surface area contributed by atoms with Crippen molar-refractivity contribution < 1.29 is 9.90 Å². The zero-order valence-electron chi connectivity index (χ0n) is 14.2. The van der Waals surface area contributed by atoms with E-state index in [2.05, 4.69) is 21.4 Å². The number of rotatable bonds is 5. The molecular formula is C18H24N4O2S. The standard InChI is InChI=1S/C18H24N4O2S/c19-16(7-8-20-9-10-23)25-22-18(24)21-17-14-5-1-3-12(14)11-13-4-2-6-15(13)17/h7-8,11,19-20,23H,1-6,9-10H2,(H2,21,22,24)/b8-7-,19-16?. The zero-order chi connectivity index (χ0) is 17.6. The Bertz CT molecular complexity index is 671. The Labute approximate surface area is 152 Å². The molecule has 3 rings (SSSR count). The number of nitrogens with one attached hydrogen (secondary N) is 4. The van der Waals surface area contributed by atoms with Crippen molar-refractivity contribution in [3.63, 3.8) is 0 Å². The summed E-state index contributed by atoms with van der Waals surface area (Å²) < 4.78 is 2.67. The van der Waals surface area contributed by atoms with E-state index in [-0.39, 0.29) is 17.7 Å². The summed E-state index contributed by atoms with van der Waals surface area (Å²) >= 11 is 0.960. The van der Waals surface area contributed by atoms with E-state index in [4.69, 9.17) is 10.5 Å². The number of urea groups is 1. The fraction of sp³-hybridized carbons (Fsp3) is 0.444. The molecular weight excluding hydrogens is 336 g/mol. The summed E-state index contributed by atoms with van der Waals surface area (Å²) in [4.78, 5) is 12.3. The van der Waals surface area contributed by atoms with Crippen molar-refractivity contribution >= 4 is 28.7 Å². The second kappa shape index (κ2) is 8.40. The minimum Gasteiger partial charge on any atom is -0.395 e. The van der Waals surface area contributed by atoms with Crippen LogP contribution in [0.3, 0.4) is 0 Å². The summed E-state index contributed by atoms with van der Waals surface area (Å²) in [7, 11) is 0. The molecule has 0 aromatic heterocycles. The first-order valence-electron chi connectivity index (χ1n) is 8.68. The van der Waals surface area contributed by atoms with E-state index < -0.39 is 0 Å². The number of aliphatic hydroxyl groups excluding tert-OH is 1. The predicted molar refractivity (Wildman–Crippen MR) is 102 cm³/mol. The molecule has 0 radical (unpaired) electrons. The van der Waals surface area contributed by atoms with E-state index in [1.165, 1.54) is 22.3 Å². The van der Waals surface area contributed by atoms with Gasteiger partial charge in [-0.25, -0.2) is 4.79 Å². The lowest BCUT2D eigenvalue weighted by Crippen LogP contribution is -2.25. The van der Waals surface area contributed by atoms with Crippen LogP contribution in [-0.4, -0.2) is 29.3 Å². The van der Waals surface area contributed by atoms with Crippen LogP contribution < -0.4 is 15.4 Å². The van der Waals surface area contributed by atoms with Crippen LogP contribution in [0.2, 0.25) is 0 Å². The molecule has 5 N–H and O–H groups in total. The molecule has 0 aliphatic heterocycles. The molecule has 2 aliphatic carbocycles. The molecule has 2 aliphatic rings. The molecule has 0 bridgehead atoms. The van der Waals surface area contributed by atoms with Crippen molar-refractivity contribution in [3.8, 4) is 0 Å². The molecule has 0 atom stereocenters. The lowest BCUT2D eigenvalue weighted by Gasteiger charge is -2.16. The number of anilines is 1. The predicted octanol–water partition coefficient (Wildman–Crippen LogP) is 2.51. The molecule has 6 nitrogen and oxygen atoms in total. The van der Waals surface area contributed by atoms with Crippen LogP contribution in [0.4, 0.5) is 10.5 Å². The van der Waals surface area contributed by atoms with Crippen LogP contribution in [0.25, 0.3) is 0 Å². The van der Waals surface area contributed by atoms with Crippen molar-refractivity contribution in [1.82, 2.24) is 10.0 Å². The summed E-state index contributed by atoms with van der Waals surface area (Å²) in [5.41, 5.74) is 6.36. The van der Waals surface area contributed by atoms with Gasteiger partial charge in [-0.3, -0.25) is 10.1 Å². The van der Waals surface area contributed by atoms with Crippen LogP contribution in [-0.2, 0) is 25.7 Å². The van der Waals surface area contributed by atoms with Gasteiger partial charge in [-0.05, 0) is 73.1 Å². The first kappa shape index (κ1) is 17.8. The Morgan fingerprint density at radius 1 is 1.20 bits per heavy atom. The van der Waals surface area contributed by atoms with Crippen molar-refractivity contribution in [3.05, 3.63) is 40.6 Å². The molecule has 0 heterocycles. The molecule has 0 spiro atoms. The fourth-order valence-electron chi connectivity index (χ4n) is 3.52. The van der Waals surface area contributed by atoms with Gasteiger partial charge in [0.25, 0.3) is 0 Å². The molecule has 0 fully saturated rings. The normalized spacial score (nSPS) is 15.1. The average molecular weight is 360 g/mol. The zero-order valence-corrected chi connectivity index (χ0v) is 15.0. The van der Waals surface area contributed by atoms with Crippen LogP contribution in [0.1, 0.15) is 35.1 Å². The number of aryl methyl sites for hydroxylation is 2. The lowest BCUT2D eigenvalue weighted by atomic mass is 9.99. The Morgan fingerprint density at radius 3 is 2.52 bits per heavy atom. The van der Waals surface area contributed by atoms with Gasteiger partial charge < -0.3 is 15.7 Å². The van der Waals surface area contributed by atoms with Crippen molar-refractivity contribution in [2.24, 2.45) is 0 Å². The lowest BCUT2D eigenvalue weighted by molar-refractivity contribution is 0.257. The molecule has 1 aromatic rings. The maximum atomic E-state index is 12.3. The van der Waals surface area contributed by atoms with Crippen LogP contribution in [0, 0.1) is 5.41 Å². The van der Waals surface area contributed by atoms with Gasteiger partial charge in [-0.15, -0.1) is 0 Å². The van der Waals surface area contributed by atoms with Crippen molar-refractivity contribution in [1.29, 1.82) is 5.41 Å². The smallest absolute Gasteiger partial charge is 0.329 e. The largest absolute Gasteiger partial charge is 0.395 e. The first-order chi connectivity index (χ1) is 12.2. The maximum Gasteiger partial charge on any atom is 0.329 e. The second-order valence-corrected chi connectivity index (χ2v) is 7.12. The SMILES string of the molecule is N=C(/C=C\NCCO)SNC(=O)Nc1c2c(cc3c1CCC3)CCC2. The highest BCUT2D eigenvalue weighted by molar-refractivity contribution is 8.13. The van der Waals surface area contributed by atoms with Crippen molar-refractivity contribution in [2.75, 3.05) is 18.5 Å². The number of aliphatic hydroxyl groups is 1. The van der Waals surface area contributed by atoms with E-state index in [9.17, 15) is 4.79 Å². The Hall–Kier alpha value is -1.99. The van der Waals surface area contributed by atoms with E-state index in [0.717, 1.165) is 56.2 Å². The second-order valence-electron chi connectivity index (χ2n) is 6.27. The highest BCUT2D eigenvalue weighted by atomic mass is 32.2. The monoisotopic (exact) mass is 360 g/mol. The number of hydrogen-bond acceptors (Lipinski definition) is 5. The number of benzene rings is 1. The molecule has 0 saturated carbocycles. The number of carbonyl (C=O) groups is 1. The van der Waals surface area contributed by atoms with Gasteiger partial charge in [-0.1, -0.05) is 6.07 Å². The van der Waals surface area contributed by atoms with Crippen LogP contribution >= 0.6 is 11.9 Å². The van der Waals surface area contributed by atoms with E-state index in [0.29, 0.717) is 6.54 Å². The molecule has 0 saturated heterocycles. The molecule has 134 valence electrons. The summed E-state index contributed by atoms with van der Waals surface area (Å²) in [6.45, 7) is 0.476. The summed E-state index contributed by atoms with van der Waals surface area (Å²) in [6.07, 6.45) is 9.69. The van der Waals surface area contributed by atoms with Gasteiger partial charge in [0.05, 0.1) is 6.61 Å². The Kier molecular flexibility index (Phi) is 5.99. The topological polar surface area (TPSA) is 97.2 Å². The van der Waals surface area contributed by atoms with Crippen LogP contribution in [0.15, 0.2) is 18.3 Å². The molecule has 0 unspecified atom stereocenters. The van der Waals surface area contributed by atoms with Crippen LogP contribution in [0.5, 0.6) is 0 Å². The molecule has 25 heavy (non-hydrogen) atoms. The third kappa shape index (κ3) is 4.35. The van der Waals surface area contributed by atoms with E-state index in [1.807, 2.05) is 0 Å². The van der Waals surface area contributed by atoms with Gasteiger partial charge in [0, 0.05) is 24.2 Å². The van der Waals surface area contributed by atoms with E-state index in [1.54, 1.807) is 12.3 Å². The number of amides is 2. The minimum absolute atomic E-state index is 0.0389. The van der Waals surface area contributed by atoms with Gasteiger partial charge in [0.1, 0.15) is 5.04 Å². The Balaban J connectivity index is 1.59. The van der Waals surface area contributed by atoms with Gasteiger partial charge in [0.15, 0.2) is 0 Å². The highest BCUT2D eigenvalue weighted by Gasteiger charge is 2.24. The van der Waals surface area contributed by atoms with Gasteiger partial charge >= 0.3 is 6.03 Å². The van der Waals surface area contributed by atoms with Gasteiger partial charge in [-0.2, -0.15) is 0 Å². The quantitative estimate of drug-likeness (QED) is 0.241. The summed E-state index contributed by atoms with van der Waals surface area (Å²) in [6, 6.07) is 2.04. The summed E-state index contributed by atoms with van der Waals surface area (Å²) in [5.74, 6) is 0. The molecule has 1 aromatic carbocycles. The first-order valence-corrected chi connectivity index (χ1v) is 9.50. The van der Waals surface area contributed by atoms with E-state index >= 15 is 0 Å². The Morgan fingerprint density at radius 2 is 1.88 bits per heavy atom. The number of hydrogen-bond donors (Lipinski definition) is 5. The summed E-state index contributed by atoms with van der Waals surface area (Å²) in [5, 5.41) is 22.5. The third-order valence-corrected chi connectivity index (χ3v) is 5.22. The number of carbonyl (C=O) groups excluding carboxylic acids is 1. The number of fused-ring (bicyclic) bond motifs is 2. The average Bonchev–Trinajstić information content (AvgIpc) is 3.25. The minimum atomic E-state index is -0.291.